The predicted octanol–water partition coefficient (Wildman–Crippen LogP) is 2.17. The molecule has 1 aliphatic heterocycles. The Balaban J connectivity index is 2.12. The van der Waals surface area contributed by atoms with Crippen LogP contribution in [0.4, 0.5) is 11.6 Å². The highest BCUT2D eigenvalue weighted by Gasteiger charge is 2.21. The van der Waals surface area contributed by atoms with Crippen molar-refractivity contribution in [3.63, 3.8) is 0 Å². The molecule has 5 heteroatoms. The first-order valence-corrected chi connectivity index (χ1v) is 8.07. The van der Waals surface area contributed by atoms with Crippen LogP contribution in [0.5, 0.6) is 0 Å². The quantitative estimate of drug-likeness (QED) is 0.901. The van der Waals surface area contributed by atoms with E-state index in [2.05, 4.69) is 47.8 Å². The lowest BCUT2D eigenvalue weighted by atomic mass is 10.2. The van der Waals surface area contributed by atoms with Gasteiger partial charge < -0.3 is 10.2 Å². The third kappa shape index (κ3) is 3.84. The fourth-order valence-corrected chi connectivity index (χ4v) is 2.92. The summed E-state index contributed by atoms with van der Waals surface area (Å²) >= 11 is 0. The van der Waals surface area contributed by atoms with Crippen molar-refractivity contribution in [3.05, 3.63) is 11.4 Å². The zero-order chi connectivity index (χ0) is 15.4. The summed E-state index contributed by atoms with van der Waals surface area (Å²) in [6.07, 6.45) is 0.870. The molecule has 0 amide bonds. The Morgan fingerprint density at radius 3 is 2.33 bits per heavy atom. The molecule has 5 nitrogen and oxygen atoms in total. The zero-order valence-corrected chi connectivity index (χ0v) is 14.1. The summed E-state index contributed by atoms with van der Waals surface area (Å²) in [7, 11) is 1.93. The van der Waals surface area contributed by atoms with Crippen molar-refractivity contribution in [1.82, 2.24) is 14.9 Å². The van der Waals surface area contributed by atoms with Gasteiger partial charge in [0, 0.05) is 51.8 Å². The molecule has 118 valence electrons. The summed E-state index contributed by atoms with van der Waals surface area (Å²) in [4.78, 5) is 14.3. The molecule has 0 bridgehead atoms. The zero-order valence-electron chi connectivity index (χ0n) is 14.1. The monoisotopic (exact) mass is 291 g/mol. The fourth-order valence-electron chi connectivity index (χ4n) is 2.92. The number of anilines is 2. The Morgan fingerprint density at radius 1 is 1.14 bits per heavy atom. The molecule has 1 aromatic heterocycles. The molecule has 0 aliphatic carbocycles. The highest BCUT2D eigenvalue weighted by atomic mass is 15.3. The van der Waals surface area contributed by atoms with Crippen LogP contribution in [0.2, 0.25) is 0 Å². The molecule has 1 fully saturated rings. The number of hydrogen-bond donors (Lipinski definition) is 1. The Kier molecular flexibility index (Phi) is 5.39. The van der Waals surface area contributed by atoms with E-state index in [1.54, 1.807) is 0 Å². The van der Waals surface area contributed by atoms with Crippen molar-refractivity contribution < 1.29 is 0 Å². The van der Waals surface area contributed by atoms with Gasteiger partial charge in [0.15, 0.2) is 0 Å². The Morgan fingerprint density at radius 2 is 1.81 bits per heavy atom. The minimum atomic E-state index is 0.736. The molecule has 0 radical (unpaired) electrons. The number of hydrogen-bond acceptors (Lipinski definition) is 5. The lowest BCUT2D eigenvalue weighted by Crippen LogP contribution is -2.48. The average molecular weight is 291 g/mol. The topological polar surface area (TPSA) is 44.3 Å². The molecule has 0 saturated carbocycles. The lowest BCUT2D eigenvalue weighted by Gasteiger charge is -2.37. The van der Waals surface area contributed by atoms with E-state index in [9.17, 15) is 0 Å². The fraction of sp³-hybridized carbons (Fsp3) is 0.750. The summed E-state index contributed by atoms with van der Waals surface area (Å²) in [5.41, 5.74) is 1.16. The van der Waals surface area contributed by atoms with Gasteiger partial charge in [-0.15, -0.1) is 0 Å². The molecule has 0 atom stereocenters. The molecular formula is C16H29N5. The van der Waals surface area contributed by atoms with Crippen LogP contribution in [-0.4, -0.2) is 54.6 Å². The first-order valence-electron chi connectivity index (χ1n) is 8.07. The third-order valence-corrected chi connectivity index (χ3v) is 4.01. The second kappa shape index (κ2) is 7.07. The summed E-state index contributed by atoms with van der Waals surface area (Å²) in [6.45, 7) is 14.3. The van der Waals surface area contributed by atoms with E-state index in [1.807, 2.05) is 7.05 Å². The highest BCUT2D eigenvalue weighted by Crippen LogP contribution is 2.24. The molecule has 1 aliphatic rings. The molecule has 1 N–H and O–H groups in total. The van der Waals surface area contributed by atoms with E-state index in [0.29, 0.717) is 0 Å². The normalized spacial score (nSPS) is 16.6. The number of aromatic nitrogens is 2. The van der Waals surface area contributed by atoms with Gasteiger partial charge in [0.1, 0.15) is 17.5 Å². The van der Waals surface area contributed by atoms with Crippen LogP contribution in [0.25, 0.3) is 0 Å². The summed E-state index contributed by atoms with van der Waals surface area (Å²) in [6, 6.07) is 0. The Hall–Kier alpha value is -1.36. The maximum Gasteiger partial charge on any atom is 0.137 e. The van der Waals surface area contributed by atoms with Crippen molar-refractivity contribution in [3.8, 4) is 0 Å². The minimum absolute atomic E-state index is 0.736. The lowest BCUT2D eigenvalue weighted by molar-refractivity contribution is 0.231. The second-order valence-electron chi connectivity index (χ2n) is 6.22. The van der Waals surface area contributed by atoms with Crippen LogP contribution in [-0.2, 0) is 6.42 Å². The van der Waals surface area contributed by atoms with Crippen molar-refractivity contribution >= 4 is 11.6 Å². The van der Waals surface area contributed by atoms with E-state index in [4.69, 9.17) is 4.98 Å². The van der Waals surface area contributed by atoms with E-state index >= 15 is 0 Å². The number of aryl methyl sites for hydroxylation is 1. The van der Waals surface area contributed by atoms with Gasteiger partial charge in [-0.1, -0.05) is 20.8 Å². The highest BCUT2D eigenvalue weighted by molar-refractivity contribution is 5.58. The van der Waals surface area contributed by atoms with Crippen molar-refractivity contribution in [1.29, 1.82) is 0 Å². The minimum Gasteiger partial charge on any atom is -0.373 e. The van der Waals surface area contributed by atoms with E-state index in [0.717, 1.165) is 61.5 Å². The summed E-state index contributed by atoms with van der Waals surface area (Å²) in [5, 5.41) is 3.20. The van der Waals surface area contributed by atoms with E-state index in [-0.39, 0.29) is 0 Å². The number of piperazine rings is 1. The molecule has 0 aromatic carbocycles. The van der Waals surface area contributed by atoms with Gasteiger partial charge in [0.05, 0.1) is 0 Å². The van der Waals surface area contributed by atoms with Crippen molar-refractivity contribution in [2.24, 2.45) is 5.92 Å². The van der Waals surface area contributed by atoms with Gasteiger partial charge in [-0.2, -0.15) is 0 Å². The maximum atomic E-state index is 4.77. The van der Waals surface area contributed by atoms with Crippen LogP contribution in [0.1, 0.15) is 32.2 Å². The Labute approximate surface area is 128 Å². The number of rotatable bonds is 5. The van der Waals surface area contributed by atoms with Gasteiger partial charge in [0.25, 0.3) is 0 Å². The summed E-state index contributed by atoms with van der Waals surface area (Å²) in [5.74, 6) is 3.72. The van der Waals surface area contributed by atoms with E-state index in [1.165, 1.54) is 6.54 Å². The molecule has 0 spiro atoms. The van der Waals surface area contributed by atoms with Gasteiger partial charge in [0.2, 0.25) is 0 Å². The second-order valence-corrected chi connectivity index (χ2v) is 6.22. The van der Waals surface area contributed by atoms with Crippen LogP contribution in [0.15, 0.2) is 0 Å². The first-order chi connectivity index (χ1) is 10.0. The van der Waals surface area contributed by atoms with Gasteiger partial charge in [-0.05, 0) is 12.8 Å². The van der Waals surface area contributed by atoms with Crippen LogP contribution >= 0.6 is 0 Å². The van der Waals surface area contributed by atoms with Crippen molar-refractivity contribution in [2.75, 3.05) is 50.0 Å². The van der Waals surface area contributed by atoms with Gasteiger partial charge in [-0.25, -0.2) is 9.97 Å². The number of nitrogens with zero attached hydrogens (tertiary/aromatic N) is 4. The maximum absolute atomic E-state index is 4.77. The SMILES string of the molecule is CCc1nc(NC)c(C)c(N2CCN(CC(C)C)CC2)n1. The molecule has 1 saturated heterocycles. The van der Waals surface area contributed by atoms with Crippen molar-refractivity contribution in [2.45, 2.75) is 34.1 Å². The van der Waals surface area contributed by atoms with E-state index < -0.39 is 0 Å². The summed E-state index contributed by atoms with van der Waals surface area (Å²) < 4.78 is 0. The van der Waals surface area contributed by atoms with Gasteiger partial charge >= 0.3 is 0 Å². The largest absolute Gasteiger partial charge is 0.373 e. The molecule has 0 unspecified atom stereocenters. The smallest absolute Gasteiger partial charge is 0.137 e. The average Bonchev–Trinajstić information content (AvgIpc) is 2.48. The van der Waals surface area contributed by atoms with Gasteiger partial charge in [-0.3, -0.25) is 4.90 Å². The molecule has 2 heterocycles. The van der Waals surface area contributed by atoms with Crippen LogP contribution in [0.3, 0.4) is 0 Å². The third-order valence-electron chi connectivity index (χ3n) is 4.01. The standard InChI is InChI=1S/C16H29N5/c1-6-14-18-15(17-5)13(4)16(19-14)21-9-7-20(8-10-21)11-12(2)3/h12H,6-11H2,1-5H3,(H,17,18,19). The molecule has 1 aromatic rings. The molecule has 2 rings (SSSR count). The first kappa shape index (κ1) is 16.0. The van der Waals surface area contributed by atoms with Crippen LogP contribution < -0.4 is 10.2 Å². The number of nitrogens with one attached hydrogen (secondary N) is 1. The van der Waals surface area contributed by atoms with Crippen LogP contribution in [0, 0.1) is 12.8 Å². The molecular weight excluding hydrogens is 262 g/mol. The predicted molar refractivity (Wildman–Crippen MR) is 89.2 cm³/mol. The molecule has 21 heavy (non-hydrogen) atoms. The Bertz CT molecular complexity index is 464.